The summed E-state index contributed by atoms with van der Waals surface area (Å²) in [7, 11) is 1.52. The maximum atomic E-state index is 12.9. The number of methoxy groups -OCH3 is 1. The normalized spacial score (nSPS) is 19.3. The zero-order chi connectivity index (χ0) is 17.2. The Labute approximate surface area is 140 Å². The molecule has 0 radical (unpaired) electrons. The Balaban J connectivity index is 1.75. The van der Waals surface area contributed by atoms with Crippen LogP contribution in [0.2, 0.25) is 0 Å². The molecule has 0 bridgehead atoms. The number of amides is 2. The first-order valence-corrected chi connectivity index (χ1v) is 8.06. The molecule has 2 amide bonds. The standard InChI is InChI=1S/C17H22N2O5/c1-12(20)18-13-3-4-15(22-2)14(11-13)16(21)19-7-5-17(6-8-19)23-9-10-24-17/h3-4,11H,5-10H2,1-2H3,(H,18,20). The summed E-state index contributed by atoms with van der Waals surface area (Å²) >= 11 is 0. The van der Waals surface area contributed by atoms with Crippen molar-refractivity contribution in [2.75, 3.05) is 38.7 Å². The van der Waals surface area contributed by atoms with E-state index in [1.807, 2.05) is 0 Å². The molecule has 0 atom stereocenters. The zero-order valence-corrected chi connectivity index (χ0v) is 14.0. The Morgan fingerprint density at radius 2 is 1.88 bits per heavy atom. The van der Waals surface area contributed by atoms with Crippen LogP contribution in [0.3, 0.4) is 0 Å². The van der Waals surface area contributed by atoms with Crippen LogP contribution in [0, 0.1) is 0 Å². The quantitative estimate of drug-likeness (QED) is 0.909. The fourth-order valence-electron chi connectivity index (χ4n) is 3.16. The first kappa shape index (κ1) is 16.7. The van der Waals surface area contributed by atoms with Gasteiger partial charge in [0.25, 0.3) is 5.91 Å². The van der Waals surface area contributed by atoms with Crippen LogP contribution in [0.4, 0.5) is 5.69 Å². The Morgan fingerprint density at radius 1 is 1.21 bits per heavy atom. The number of rotatable bonds is 3. The molecule has 1 N–H and O–H groups in total. The Kier molecular flexibility index (Phi) is 4.73. The van der Waals surface area contributed by atoms with Crippen LogP contribution in [0.1, 0.15) is 30.1 Å². The van der Waals surface area contributed by atoms with Gasteiger partial charge in [0.05, 0.1) is 25.9 Å². The third-order valence-electron chi connectivity index (χ3n) is 4.38. The van der Waals surface area contributed by atoms with Gasteiger partial charge in [-0.2, -0.15) is 0 Å². The van der Waals surface area contributed by atoms with Gasteiger partial charge in [-0.05, 0) is 18.2 Å². The van der Waals surface area contributed by atoms with Crippen molar-refractivity contribution in [2.45, 2.75) is 25.6 Å². The average molecular weight is 334 g/mol. The number of piperidine rings is 1. The monoisotopic (exact) mass is 334 g/mol. The molecule has 7 heteroatoms. The van der Waals surface area contributed by atoms with E-state index in [0.717, 1.165) is 0 Å². The van der Waals surface area contributed by atoms with Gasteiger partial charge in [0.2, 0.25) is 5.91 Å². The van der Waals surface area contributed by atoms with Crippen LogP contribution >= 0.6 is 0 Å². The van der Waals surface area contributed by atoms with E-state index in [-0.39, 0.29) is 11.8 Å². The summed E-state index contributed by atoms with van der Waals surface area (Å²) in [6.07, 6.45) is 1.32. The number of benzene rings is 1. The fourth-order valence-corrected chi connectivity index (χ4v) is 3.16. The highest BCUT2D eigenvalue weighted by Crippen LogP contribution is 2.33. The van der Waals surface area contributed by atoms with Crippen LogP contribution in [0.5, 0.6) is 5.75 Å². The molecule has 0 aromatic heterocycles. The highest BCUT2D eigenvalue weighted by molar-refractivity contribution is 5.99. The number of carbonyl (C=O) groups is 2. The van der Waals surface area contributed by atoms with Crippen LogP contribution in [-0.2, 0) is 14.3 Å². The van der Waals surface area contributed by atoms with Crippen LogP contribution < -0.4 is 10.1 Å². The van der Waals surface area contributed by atoms with Crippen molar-refractivity contribution in [3.63, 3.8) is 0 Å². The van der Waals surface area contributed by atoms with Crippen LogP contribution in [0.25, 0.3) is 0 Å². The van der Waals surface area contributed by atoms with Gasteiger partial charge in [0.1, 0.15) is 5.75 Å². The van der Waals surface area contributed by atoms with Crippen molar-refractivity contribution >= 4 is 17.5 Å². The van der Waals surface area contributed by atoms with Crippen molar-refractivity contribution < 1.29 is 23.8 Å². The molecule has 2 aliphatic heterocycles. The molecule has 3 rings (SSSR count). The van der Waals surface area contributed by atoms with Crippen molar-refractivity contribution in [1.82, 2.24) is 4.90 Å². The van der Waals surface area contributed by atoms with E-state index in [0.29, 0.717) is 56.1 Å². The lowest BCUT2D eigenvalue weighted by Crippen LogP contribution is -2.47. The molecule has 1 aromatic carbocycles. The Hall–Kier alpha value is -2.12. The van der Waals surface area contributed by atoms with Gasteiger partial charge in [-0.15, -0.1) is 0 Å². The summed E-state index contributed by atoms with van der Waals surface area (Å²) < 4.78 is 16.7. The van der Waals surface area contributed by atoms with E-state index in [1.54, 1.807) is 23.1 Å². The zero-order valence-electron chi connectivity index (χ0n) is 14.0. The summed E-state index contributed by atoms with van der Waals surface area (Å²) in [4.78, 5) is 25.9. The molecule has 130 valence electrons. The summed E-state index contributed by atoms with van der Waals surface area (Å²) in [5, 5.41) is 2.69. The smallest absolute Gasteiger partial charge is 0.257 e. The number of ether oxygens (including phenoxy) is 3. The first-order valence-electron chi connectivity index (χ1n) is 8.06. The topological polar surface area (TPSA) is 77.1 Å². The van der Waals surface area contributed by atoms with Gasteiger partial charge >= 0.3 is 0 Å². The lowest BCUT2D eigenvalue weighted by atomic mass is 10.0. The van der Waals surface area contributed by atoms with E-state index < -0.39 is 5.79 Å². The number of anilines is 1. The van der Waals surface area contributed by atoms with E-state index in [2.05, 4.69) is 5.32 Å². The maximum Gasteiger partial charge on any atom is 0.257 e. The predicted octanol–water partition coefficient (Wildman–Crippen LogP) is 1.63. The molecule has 2 fully saturated rings. The predicted molar refractivity (Wildman–Crippen MR) is 87.1 cm³/mol. The summed E-state index contributed by atoms with van der Waals surface area (Å²) in [5.74, 6) is -0.331. The molecule has 2 heterocycles. The number of carbonyl (C=O) groups excluding carboxylic acids is 2. The number of nitrogens with zero attached hydrogens (tertiary/aromatic N) is 1. The van der Waals surface area contributed by atoms with Gasteiger partial charge < -0.3 is 24.4 Å². The molecule has 2 aliphatic rings. The molecule has 1 aromatic rings. The molecule has 1 spiro atoms. The molecule has 7 nitrogen and oxygen atoms in total. The average Bonchev–Trinajstić information content (AvgIpc) is 3.02. The minimum Gasteiger partial charge on any atom is -0.496 e. The minimum atomic E-state index is -0.515. The number of hydrogen-bond acceptors (Lipinski definition) is 5. The van der Waals surface area contributed by atoms with E-state index in [4.69, 9.17) is 14.2 Å². The van der Waals surface area contributed by atoms with E-state index in [9.17, 15) is 9.59 Å². The molecular formula is C17H22N2O5. The molecule has 0 unspecified atom stereocenters. The first-order chi connectivity index (χ1) is 11.5. The third kappa shape index (κ3) is 3.37. The van der Waals surface area contributed by atoms with Crippen molar-refractivity contribution in [3.05, 3.63) is 23.8 Å². The van der Waals surface area contributed by atoms with Gasteiger partial charge in [-0.1, -0.05) is 0 Å². The second-order valence-electron chi connectivity index (χ2n) is 6.00. The van der Waals surface area contributed by atoms with Gasteiger partial charge in [-0.25, -0.2) is 0 Å². The van der Waals surface area contributed by atoms with E-state index >= 15 is 0 Å². The van der Waals surface area contributed by atoms with Gasteiger partial charge in [-0.3, -0.25) is 9.59 Å². The number of nitrogens with one attached hydrogen (secondary N) is 1. The largest absolute Gasteiger partial charge is 0.496 e. The highest BCUT2D eigenvalue weighted by atomic mass is 16.7. The van der Waals surface area contributed by atoms with Crippen LogP contribution in [0.15, 0.2) is 18.2 Å². The summed E-state index contributed by atoms with van der Waals surface area (Å²) in [6.45, 7) is 3.77. The lowest BCUT2D eigenvalue weighted by Gasteiger charge is -2.37. The fraction of sp³-hybridized carbons (Fsp3) is 0.529. The molecule has 0 saturated carbocycles. The molecule has 2 saturated heterocycles. The highest BCUT2D eigenvalue weighted by Gasteiger charge is 2.41. The summed E-state index contributed by atoms with van der Waals surface area (Å²) in [5.41, 5.74) is 1.01. The van der Waals surface area contributed by atoms with Crippen molar-refractivity contribution in [1.29, 1.82) is 0 Å². The third-order valence-corrected chi connectivity index (χ3v) is 4.38. The number of hydrogen-bond donors (Lipinski definition) is 1. The Bertz CT molecular complexity index is 630. The molecule has 0 aliphatic carbocycles. The minimum absolute atomic E-state index is 0.119. The van der Waals surface area contributed by atoms with Crippen molar-refractivity contribution in [3.8, 4) is 5.75 Å². The van der Waals surface area contributed by atoms with Crippen molar-refractivity contribution in [2.24, 2.45) is 0 Å². The van der Waals surface area contributed by atoms with Crippen LogP contribution in [-0.4, -0.2) is 55.9 Å². The molecule has 24 heavy (non-hydrogen) atoms. The second-order valence-corrected chi connectivity index (χ2v) is 6.00. The lowest BCUT2D eigenvalue weighted by molar-refractivity contribution is -0.181. The second kappa shape index (κ2) is 6.78. The number of likely N-dealkylation sites (tertiary alicyclic amines) is 1. The molecular weight excluding hydrogens is 312 g/mol. The summed E-state index contributed by atoms with van der Waals surface area (Å²) in [6, 6.07) is 5.05. The van der Waals surface area contributed by atoms with Gasteiger partial charge in [0.15, 0.2) is 5.79 Å². The Morgan fingerprint density at radius 3 is 2.46 bits per heavy atom. The SMILES string of the molecule is COc1ccc(NC(C)=O)cc1C(=O)N1CCC2(CC1)OCCO2. The van der Waals surface area contributed by atoms with E-state index in [1.165, 1.54) is 14.0 Å². The maximum absolute atomic E-state index is 12.9. The van der Waals surface area contributed by atoms with Gasteiger partial charge in [0, 0.05) is 38.5 Å².